The van der Waals surface area contributed by atoms with Gasteiger partial charge in [0.05, 0.1) is 13.2 Å². The van der Waals surface area contributed by atoms with Gasteiger partial charge in [0.2, 0.25) is 0 Å². The zero-order chi connectivity index (χ0) is 15.0. The molecule has 0 amide bonds. The van der Waals surface area contributed by atoms with Gasteiger partial charge in [0.15, 0.2) is 11.5 Å². The Morgan fingerprint density at radius 3 is 2.25 bits per heavy atom. The number of benzene rings is 1. The molecule has 0 radical (unpaired) electrons. The lowest BCUT2D eigenvalue weighted by Crippen LogP contribution is -2.31. The summed E-state index contributed by atoms with van der Waals surface area (Å²) in [5.41, 5.74) is 1.23. The van der Waals surface area contributed by atoms with E-state index in [4.69, 9.17) is 9.47 Å². The smallest absolute Gasteiger partial charge is 0.161 e. The topological polar surface area (TPSA) is 33.7 Å². The van der Waals surface area contributed by atoms with Crippen molar-refractivity contribution in [2.75, 3.05) is 40.4 Å². The van der Waals surface area contributed by atoms with E-state index in [0.717, 1.165) is 24.6 Å². The molecule has 0 aliphatic carbocycles. The molecule has 4 nitrogen and oxygen atoms in total. The molecule has 20 heavy (non-hydrogen) atoms. The van der Waals surface area contributed by atoms with Gasteiger partial charge in [0.25, 0.3) is 0 Å². The first-order valence-electron chi connectivity index (χ1n) is 7.39. The summed E-state index contributed by atoms with van der Waals surface area (Å²) in [6.07, 6.45) is 0. The maximum Gasteiger partial charge on any atom is 0.161 e. The van der Waals surface area contributed by atoms with Gasteiger partial charge < -0.3 is 19.7 Å². The average molecular weight is 280 g/mol. The van der Waals surface area contributed by atoms with E-state index < -0.39 is 0 Å². The van der Waals surface area contributed by atoms with Crippen molar-refractivity contribution in [2.45, 2.75) is 26.8 Å². The van der Waals surface area contributed by atoms with Crippen LogP contribution in [0.2, 0.25) is 0 Å². The van der Waals surface area contributed by atoms with Gasteiger partial charge in [-0.3, -0.25) is 0 Å². The SMILES string of the molecule is CCNC(CN(C)C)c1ccc(OCC)c(OCC)c1. The molecule has 0 saturated heterocycles. The van der Waals surface area contributed by atoms with Crippen molar-refractivity contribution in [3.63, 3.8) is 0 Å². The highest BCUT2D eigenvalue weighted by Crippen LogP contribution is 2.30. The summed E-state index contributed by atoms with van der Waals surface area (Å²) in [5, 5.41) is 3.51. The number of likely N-dealkylation sites (N-methyl/N-ethyl adjacent to an activating group) is 2. The molecule has 0 bridgehead atoms. The lowest BCUT2D eigenvalue weighted by Gasteiger charge is -2.23. The Morgan fingerprint density at radius 2 is 1.70 bits per heavy atom. The summed E-state index contributed by atoms with van der Waals surface area (Å²) in [5.74, 6) is 1.65. The Kier molecular flexibility index (Phi) is 7.41. The fraction of sp³-hybridized carbons (Fsp3) is 0.625. The van der Waals surface area contributed by atoms with Crippen LogP contribution in [0.15, 0.2) is 18.2 Å². The van der Waals surface area contributed by atoms with E-state index >= 15 is 0 Å². The fourth-order valence-corrected chi connectivity index (χ4v) is 2.18. The molecular weight excluding hydrogens is 252 g/mol. The lowest BCUT2D eigenvalue weighted by molar-refractivity contribution is 0.286. The van der Waals surface area contributed by atoms with Gasteiger partial charge >= 0.3 is 0 Å². The first-order valence-corrected chi connectivity index (χ1v) is 7.39. The molecule has 1 aromatic carbocycles. The van der Waals surface area contributed by atoms with Crippen LogP contribution in [-0.2, 0) is 0 Å². The van der Waals surface area contributed by atoms with E-state index in [2.05, 4.69) is 43.4 Å². The lowest BCUT2D eigenvalue weighted by atomic mass is 10.1. The van der Waals surface area contributed by atoms with E-state index in [0.29, 0.717) is 19.3 Å². The van der Waals surface area contributed by atoms with Gasteiger partial charge in [-0.2, -0.15) is 0 Å². The molecule has 0 aromatic heterocycles. The highest BCUT2D eigenvalue weighted by atomic mass is 16.5. The van der Waals surface area contributed by atoms with E-state index in [9.17, 15) is 0 Å². The molecule has 0 heterocycles. The van der Waals surface area contributed by atoms with Crippen LogP contribution in [0.25, 0.3) is 0 Å². The van der Waals surface area contributed by atoms with Crippen LogP contribution in [0.5, 0.6) is 11.5 Å². The summed E-state index contributed by atoms with van der Waals surface area (Å²) in [4.78, 5) is 2.18. The second-order valence-electron chi connectivity index (χ2n) is 4.94. The summed E-state index contributed by atoms with van der Waals surface area (Å²) in [7, 11) is 4.17. The summed E-state index contributed by atoms with van der Waals surface area (Å²) < 4.78 is 11.3. The number of ether oxygens (including phenoxy) is 2. The third-order valence-electron chi connectivity index (χ3n) is 2.97. The van der Waals surface area contributed by atoms with Crippen LogP contribution < -0.4 is 14.8 Å². The van der Waals surface area contributed by atoms with Gasteiger partial charge in [-0.15, -0.1) is 0 Å². The van der Waals surface area contributed by atoms with E-state index in [1.54, 1.807) is 0 Å². The van der Waals surface area contributed by atoms with Crippen molar-refractivity contribution in [1.29, 1.82) is 0 Å². The number of nitrogens with one attached hydrogen (secondary N) is 1. The summed E-state index contributed by atoms with van der Waals surface area (Å²) >= 11 is 0. The maximum absolute atomic E-state index is 5.70. The van der Waals surface area contributed by atoms with Crippen molar-refractivity contribution in [3.05, 3.63) is 23.8 Å². The molecule has 4 heteroatoms. The van der Waals surface area contributed by atoms with Crippen LogP contribution >= 0.6 is 0 Å². The van der Waals surface area contributed by atoms with E-state index in [1.165, 1.54) is 5.56 Å². The van der Waals surface area contributed by atoms with Crippen molar-refractivity contribution in [2.24, 2.45) is 0 Å². The molecule has 0 aliphatic rings. The molecule has 0 aliphatic heterocycles. The first kappa shape index (κ1) is 16.8. The fourth-order valence-electron chi connectivity index (χ4n) is 2.18. The maximum atomic E-state index is 5.70. The average Bonchev–Trinajstić information content (AvgIpc) is 2.40. The molecule has 0 fully saturated rings. The normalized spacial score (nSPS) is 12.5. The van der Waals surface area contributed by atoms with Gasteiger partial charge in [-0.25, -0.2) is 0 Å². The van der Waals surface area contributed by atoms with Crippen molar-refractivity contribution >= 4 is 0 Å². The first-order chi connectivity index (χ1) is 9.62. The molecule has 1 rings (SSSR count). The molecule has 1 aromatic rings. The molecule has 1 unspecified atom stereocenters. The van der Waals surface area contributed by atoms with Gasteiger partial charge in [0.1, 0.15) is 0 Å². The van der Waals surface area contributed by atoms with Crippen LogP contribution in [0.4, 0.5) is 0 Å². The second-order valence-corrected chi connectivity index (χ2v) is 4.94. The van der Waals surface area contributed by atoms with Crippen molar-refractivity contribution in [3.8, 4) is 11.5 Å². The minimum atomic E-state index is 0.296. The Labute approximate surface area is 123 Å². The second kappa shape index (κ2) is 8.82. The summed E-state index contributed by atoms with van der Waals surface area (Å²) in [6, 6.07) is 6.50. The van der Waals surface area contributed by atoms with Gasteiger partial charge in [-0.05, 0) is 52.2 Å². The van der Waals surface area contributed by atoms with Gasteiger partial charge in [0, 0.05) is 12.6 Å². The quantitative estimate of drug-likeness (QED) is 0.754. The summed E-state index contributed by atoms with van der Waals surface area (Å²) in [6.45, 7) is 9.28. The van der Waals surface area contributed by atoms with Crippen molar-refractivity contribution in [1.82, 2.24) is 10.2 Å². The van der Waals surface area contributed by atoms with E-state index in [1.807, 2.05) is 19.9 Å². The minimum absolute atomic E-state index is 0.296. The highest BCUT2D eigenvalue weighted by molar-refractivity contribution is 5.44. The molecular formula is C16H28N2O2. The zero-order valence-corrected chi connectivity index (χ0v) is 13.4. The number of nitrogens with zero attached hydrogens (tertiary/aromatic N) is 1. The third-order valence-corrected chi connectivity index (χ3v) is 2.97. The molecule has 0 spiro atoms. The van der Waals surface area contributed by atoms with E-state index in [-0.39, 0.29) is 0 Å². The van der Waals surface area contributed by atoms with Crippen molar-refractivity contribution < 1.29 is 9.47 Å². The number of hydrogen-bond donors (Lipinski definition) is 1. The number of hydrogen-bond acceptors (Lipinski definition) is 4. The largest absolute Gasteiger partial charge is 0.490 e. The predicted octanol–water partition coefficient (Wildman–Crippen LogP) is 2.70. The monoisotopic (exact) mass is 280 g/mol. The molecule has 1 N–H and O–H groups in total. The molecule has 114 valence electrons. The number of rotatable bonds is 9. The highest BCUT2D eigenvalue weighted by Gasteiger charge is 2.14. The molecule has 1 atom stereocenters. The van der Waals surface area contributed by atoms with Crippen LogP contribution in [0, 0.1) is 0 Å². The standard InChI is InChI=1S/C16H28N2O2/c1-6-17-14(12-18(4)5)13-9-10-15(19-7-2)16(11-13)20-8-3/h9-11,14,17H,6-8,12H2,1-5H3. The Bertz CT molecular complexity index is 394. The zero-order valence-electron chi connectivity index (χ0n) is 13.4. The molecule has 0 saturated carbocycles. The third kappa shape index (κ3) is 5.02. The predicted molar refractivity (Wildman–Crippen MR) is 83.8 cm³/mol. The minimum Gasteiger partial charge on any atom is -0.490 e. The Morgan fingerprint density at radius 1 is 1.05 bits per heavy atom. The van der Waals surface area contributed by atoms with Crippen LogP contribution in [-0.4, -0.2) is 45.3 Å². The Hall–Kier alpha value is -1.26. The van der Waals surface area contributed by atoms with Crippen LogP contribution in [0.3, 0.4) is 0 Å². The Balaban J connectivity index is 2.99. The van der Waals surface area contributed by atoms with Crippen LogP contribution in [0.1, 0.15) is 32.4 Å². The van der Waals surface area contributed by atoms with Gasteiger partial charge in [-0.1, -0.05) is 13.0 Å².